The maximum atomic E-state index is 5.81. The Morgan fingerprint density at radius 3 is 2.89 bits per heavy atom. The van der Waals surface area contributed by atoms with Crippen molar-refractivity contribution >= 4 is 11.4 Å². The van der Waals surface area contributed by atoms with Crippen LogP contribution in [-0.2, 0) is 13.6 Å². The molecule has 2 aromatic rings. The van der Waals surface area contributed by atoms with Crippen molar-refractivity contribution < 1.29 is 4.74 Å². The normalized spacial score (nSPS) is 10.3. The first-order chi connectivity index (χ1) is 8.67. The third-order valence-electron chi connectivity index (χ3n) is 2.34. The molecule has 0 unspecified atom stereocenters. The molecule has 2 rings (SSSR count). The number of nitrogens with one attached hydrogen (secondary N) is 1. The third kappa shape index (κ3) is 3.13. The van der Waals surface area contributed by atoms with Crippen LogP contribution in [0.15, 0.2) is 24.5 Å². The Morgan fingerprint density at radius 2 is 2.22 bits per heavy atom. The van der Waals surface area contributed by atoms with Gasteiger partial charge in [0.05, 0.1) is 13.2 Å². The van der Waals surface area contributed by atoms with Crippen molar-refractivity contribution in [1.82, 2.24) is 14.8 Å². The molecule has 1 heterocycles. The molecule has 1 aromatic heterocycles. The molecule has 0 aliphatic carbocycles. The predicted molar refractivity (Wildman–Crippen MR) is 70.4 cm³/mol. The predicted octanol–water partition coefficient (Wildman–Crippen LogP) is 1.41. The SMILES string of the molecule is CCOc1cc(N)cc(NCc2ncn(C)n2)c1. The van der Waals surface area contributed by atoms with Gasteiger partial charge >= 0.3 is 0 Å². The molecule has 18 heavy (non-hydrogen) atoms. The van der Waals surface area contributed by atoms with E-state index in [4.69, 9.17) is 10.5 Å². The van der Waals surface area contributed by atoms with Crippen molar-refractivity contribution in [1.29, 1.82) is 0 Å². The molecule has 3 N–H and O–H groups in total. The van der Waals surface area contributed by atoms with Crippen LogP contribution >= 0.6 is 0 Å². The first-order valence-electron chi connectivity index (χ1n) is 5.79. The van der Waals surface area contributed by atoms with Gasteiger partial charge in [0.2, 0.25) is 0 Å². The molecular weight excluding hydrogens is 230 g/mol. The van der Waals surface area contributed by atoms with E-state index in [9.17, 15) is 0 Å². The van der Waals surface area contributed by atoms with E-state index in [1.807, 2.05) is 26.1 Å². The Kier molecular flexibility index (Phi) is 3.66. The quantitative estimate of drug-likeness (QED) is 0.781. The lowest BCUT2D eigenvalue weighted by molar-refractivity contribution is 0.340. The third-order valence-corrected chi connectivity index (χ3v) is 2.34. The minimum absolute atomic E-state index is 0.551. The van der Waals surface area contributed by atoms with Crippen LogP contribution in [0.5, 0.6) is 5.75 Å². The zero-order valence-corrected chi connectivity index (χ0v) is 10.6. The number of ether oxygens (including phenoxy) is 1. The molecule has 0 spiro atoms. The van der Waals surface area contributed by atoms with Crippen LogP contribution in [0.2, 0.25) is 0 Å². The van der Waals surface area contributed by atoms with Gasteiger partial charge < -0.3 is 15.8 Å². The summed E-state index contributed by atoms with van der Waals surface area (Å²) in [5, 5.41) is 7.40. The van der Waals surface area contributed by atoms with E-state index in [0.717, 1.165) is 17.3 Å². The minimum atomic E-state index is 0.551. The molecule has 6 nitrogen and oxygen atoms in total. The molecule has 96 valence electrons. The lowest BCUT2D eigenvalue weighted by Crippen LogP contribution is -2.03. The largest absolute Gasteiger partial charge is 0.494 e. The summed E-state index contributed by atoms with van der Waals surface area (Å²) in [5.74, 6) is 1.49. The van der Waals surface area contributed by atoms with Gasteiger partial charge in [0.25, 0.3) is 0 Å². The van der Waals surface area contributed by atoms with Gasteiger partial charge in [-0.2, -0.15) is 5.10 Å². The maximum Gasteiger partial charge on any atom is 0.169 e. The van der Waals surface area contributed by atoms with Crippen LogP contribution < -0.4 is 15.8 Å². The van der Waals surface area contributed by atoms with Crippen LogP contribution in [-0.4, -0.2) is 21.4 Å². The average molecular weight is 247 g/mol. The van der Waals surface area contributed by atoms with Gasteiger partial charge in [-0.1, -0.05) is 0 Å². The van der Waals surface area contributed by atoms with Crippen LogP contribution in [0.25, 0.3) is 0 Å². The summed E-state index contributed by atoms with van der Waals surface area (Å²) >= 11 is 0. The smallest absolute Gasteiger partial charge is 0.169 e. The Hall–Kier alpha value is -2.24. The van der Waals surface area contributed by atoms with Gasteiger partial charge in [0, 0.05) is 30.6 Å². The fourth-order valence-electron chi connectivity index (χ4n) is 1.62. The minimum Gasteiger partial charge on any atom is -0.494 e. The van der Waals surface area contributed by atoms with Gasteiger partial charge in [0.15, 0.2) is 5.82 Å². The fraction of sp³-hybridized carbons (Fsp3) is 0.333. The van der Waals surface area contributed by atoms with Crippen LogP contribution in [0, 0.1) is 0 Å². The standard InChI is InChI=1S/C12H17N5O/c1-3-18-11-5-9(13)4-10(6-11)14-7-12-15-8-17(2)16-12/h4-6,8,14H,3,7,13H2,1-2H3. The summed E-state index contributed by atoms with van der Waals surface area (Å²) in [4.78, 5) is 4.14. The zero-order chi connectivity index (χ0) is 13.0. The van der Waals surface area contributed by atoms with Crippen molar-refractivity contribution in [3.63, 3.8) is 0 Å². The van der Waals surface area contributed by atoms with Gasteiger partial charge in [-0.15, -0.1) is 0 Å². The van der Waals surface area contributed by atoms with Crippen molar-refractivity contribution in [3.05, 3.63) is 30.4 Å². The number of nitrogens with two attached hydrogens (primary N) is 1. The van der Waals surface area contributed by atoms with Crippen molar-refractivity contribution in [2.24, 2.45) is 7.05 Å². The number of hydrogen-bond acceptors (Lipinski definition) is 5. The van der Waals surface area contributed by atoms with Crippen molar-refractivity contribution in [2.75, 3.05) is 17.7 Å². The molecule has 0 amide bonds. The number of aryl methyl sites for hydroxylation is 1. The lowest BCUT2D eigenvalue weighted by atomic mass is 10.2. The molecule has 1 aromatic carbocycles. The monoisotopic (exact) mass is 247 g/mol. The highest BCUT2D eigenvalue weighted by Crippen LogP contribution is 2.22. The van der Waals surface area contributed by atoms with Gasteiger partial charge in [-0.05, 0) is 13.0 Å². The highest BCUT2D eigenvalue weighted by Gasteiger charge is 2.02. The van der Waals surface area contributed by atoms with Crippen LogP contribution in [0.1, 0.15) is 12.7 Å². The van der Waals surface area contributed by atoms with E-state index in [1.54, 1.807) is 17.1 Å². The Bertz CT molecular complexity index is 523. The van der Waals surface area contributed by atoms with Crippen molar-refractivity contribution in [3.8, 4) is 5.75 Å². The second-order valence-corrected chi connectivity index (χ2v) is 3.91. The summed E-state index contributed by atoms with van der Waals surface area (Å²) in [6.07, 6.45) is 1.67. The number of benzene rings is 1. The van der Waals surface area contributed by atoms with E-state index < -0.39 is 0 Å². The highest BCUT2D eigenvalue weighted by molar-refractivity contribution is 5.59. The summed E-state index contributed by atoms with van der Waals surface area (Å²) in [5.41, 5.74) is 7.37. The second kappa shape index (κ2) is 5.39. The van der Waals surface area contributed by atoms with E-state index in [-0.39, 0.29) is 0 Å². The Morgan fingerprint density at radius 1 is 1.39 bits per heavy atom. The van der Waals surface area contributed by atoms with Gasteiger partial charge in [0.1, 0.15) is 12.1 Å². The molecule has 0 saturated carbocycles. The Balaban J connectivity index is 2.04. The van der Waals surface area contributed by atoms with E-state index >= 15 is 0 Å². The topological polar surface area (TPSA) is 78.0 Å². The molecule has 0 fully saturated rings. The molecule has 0 aliphatic heterocycles. The molecule has 0 bridgehead atoms. The van der Waals surface area contributed by atoms with Crippen molar-refractivity contribution in [2.45, 2.75) is 13.5 Å². The highest BCUT2D eigenvalue weighted by atomic mass is 16.5. The number of aromatic nitrogens is 3. The number of nitrogens with zero attached hydrogens (tertiary/aromatic N) is 3. The van der Waals surface area contributed by atoms with E-state index in [2.05, 4.69) is 15.4 Å². The van der Waals surface area contributed by atoms with E-state index in [1.165, 1.54) is 0 Å². The van der Waals surface area contributed by atoms with Crippen LogP contribution in [0.3, 0.4) is 0 Å². The molecule has 0 saturated heterocycles. The number of rotatable bonds is 5. The van der Waals surface area contributed by atoms with Gasteiger partial charge in [-0.25, -0.2) is 4.98 Å². The van der Waals surface area contributed by atoms with Gasteiger partial charge in [-0.3, -0.25) is 4.68 Å². The molecule has 0 radical (unpaired) electrons. The molecular formula is C12H17N5O. The van der Waals surface area contributed by atoms with Crippen LogP contribution in [0.4, 0.5) is 11.4 Å². The maximum absolute atomic E-state index is 5.81. The molecule has 0 aliphatic rings. The summed E-state index contributed by atoms with van der Waals surface area (Å²) in [6, 6.07) is 5.56. The lowest BCUT2D eigenvalue weighted by Gasteiger charge is -2.09. The average Bonchev–Trinajstić information content (AvgIpc) is 2.72. The number of anilines is 2. The first kappa shape index (κ1) is 12.2. The zero-order valence-electron chi connectivity index (χ0n) is 10.6. The number of hydrogen-bond donors (Lipinski definition) is 2. The number of nitrogen functional groups attached to an aromatic ring is 1. The molecule has 0 atom stereocenters. The van der Waals surface area contributed by atoms with E-state index in [0.29, 0.717) is 18.8 Å². The second-order valence-electron chi connectivity index (χ2n) is 3.91. The Labute approximate surface area is 106 Å². The fourth-order valence-corrected chi connectivity index (χ4v) is 1.62. The summed E-state index contributed by atoms with van der Waals surface area (Å²) in [6.45, 7) is 3.11. The first-order valence-corrected chi connectivity index (χ1v) is 5.79. The summed E-state index contributed by atoms with van der Waals surface area (Å²) < 4.78 is 7.10. The molecule has 6 heteroatoms. The summed E-state index contributed by atoms with van der Waals surface area (Å²) in [7, 11) is 1.84.